The zero-order valence-electron chi connectivity index (χ0n) is 9.43. The fraction of sp³-hybridized carbons (Fsp3) is 0.500. The lowest BCUT2D eigenvalue weighted by Crippen LogP contribution is -2.40. The summed E-state index contributed by atoms with van der Waals surface area (Å²) in [6.07, 6.45) is 5.45. The maximum Gasteiger partial charge on any atom is 0.219 e. The van der Waals surface area contributed by atoms with E-state index in [4.69, 9.17) is 4.74 Å². The third kappa shape index (κ3) is 2.72. The number of nitrogens with zero attached hydrogens (tertiary/aromatic N) is 2. The molecule has 0 aliphatic carbocycles. The van der Waals surface area contributed by atoms with E-state index < -0.39 is 0 Å². The van der Waals surface area contributed by atoms with Gasteiger partial charge in [0.15, 0.2) is 0 Å². The van der Waals surface area contributed by atoms with Gasteiger partial charge >= 0.3 is 0 Å². The van der Waals surface area contributed by atoms with Gasteiger partial charge in [-0.1, -0.05) is 0 Å². The van der Waals surface area contributed by atoms with Gasteiger partial charge in [-0.25, -0.2) is 0 Å². The Balaban J connectivity index is 1.84. The van der Waals surface area contributed by atoms with Crippen LogP contribution in [0.1, 0.15) is 19.8 Å². The fourth-order valence-corrected chi connectivity index (χ4v) is 1.90. The fourth-order valence-electron chi connectivity index (χ4n) is 1.90. The number of ether oxygens (including phenoxy) is 1. The van der Waals surface area contributed by atoms with E-state index in [9.17, 15) is 4.79 Å². The van der Waals surface area contributed by atoms with Gasteiger partial charge in [-0.15, -0.1) is 0 Å². The van der Waals surface area contributed by atoms with E-state index in [1.54, 1.807) is 19.3 Å². The van der Waals surface area contributed by atoms with Gasteiger partial charge in [-0.2, -0.15) is 0 Å². The quantitative estimate of drug-likeness (QED) is 0.758. The van der Waals surface area contributed by atoms with Gasteiger partial charge < -0.3 is 9.64 Å². The molecule has 1 saturated heterocycles. The van der Waals surface area contributed by atoms with Crippen molar-refractivity contribution < 1.29 is 9.53 Å². The molecule has 86 valence electrons. The summed E-state index contributed by atoms with van der Waals surface area (Å²) in [6, 6.07) is 3.77. The summed E-state index contributed by atoms with van der Waals surface area (Å²) in [5, 5.41) is 0. The van der Waals surface area contributed by atoms with Crippen molar-refractivity contribution in [3.8, 4) is 5.75 Å². The molecular weight excluding hydrogens is 204 g/mol. The molecule has 0 N–H and O–H groups in total. The maximum absolute atomic E-state index is 11.1. The molecule has 2 rings (SSSR count). The highest BCUT2D eigenvalue weighted by Gasteiger charge is 2.21. The van der Waals surface area contributed by atoms with Gasteiger partial charge in [0.2, 0.25) is 5.91 Å². The van der Waals surface area contributed by atoms with Gasteiger partial charge in [-0.3, -0.25) is 9.78 Å². The van der Waals surface area contributed by atoms with Crippen molar-refractivity contribution >= 4 is 5.91 Å². The number of piperidine rings is 1. The number of pyridine rings is 1. The molecule has 0 aromatic carbocycles. The van der Waals surface area contributed by atoms with Crippen molar-refractivity contribution in [2.24, 2.45) is 0 Å². The lowest BCUT2D eigenvalue weighted by Gasteiger charge is -2.31. The third-order valence-corrected chi connectivity index (χ3v) is 2.82. The molecule has 16 heavy (non-hydrogen) atoms. The van der Waals surface area contributed by atoms with Gasteiger partial charge in [0, 0.05) is 39.1 Å². The minimum atomic E-state index is 0.153. The molecule has 1 aliphatic rings. The van der Waals surface area contributed by atoms with Crippen LogP contribution in [0.5, 0.6) is 5.75 Å². The number of hydrogen-bond acceptors (Lipinski definition) is 3. The number of rotatable bonds is 2. The molecule has 1 fully saturated rings. The van der Waals surface area contributed by atoms with E-state index >= 15 is 0 Å². The van der Waals surface area contributed by atoms with Gasteiger partial charge in [0.1, 0.15) is 11.9 Å². The van der Waals surface area contributed by atoms with Crippen molar-refractivity contribution in [3.05, 3.63) is 24.5 Å². The topological polar surface area (TPSA) is 42.4 Å². The molecule has 0 saturated carbocycles. The van der Waals surface area contributed by atoms with Crippen LogP contribution in [-0.4, -0.2) is 35.0 Å². The number of amides is 1. The van der Waals surface area contributed by atoms with E-state index in [1.807, 2.05) is 17.0 Å². The van der Waals surface area contributed by atoms with E-state index in [2.05, 4.69) is 4.98 Å². The summed E-state index contributed by atoms with van der Waals surface area (Å²) in [5.74, 6) is 0.962. The van der Waals surface area contributed by atoms with E-state index in [-0.39, 0.29) is 12.0 Å². The Labute approximate surface area is 95.2 Å². The minimum absolute atomic E-state index is 0.153. The molecule has 0 unspecified atom stereocenters. The maximum atomic E-state index is 11.1. The smallest absolute Gasteiger partial charge is 0.219 e. The SMILES string of the molecule is CC(=O)N1CCC(Oc2cccnc2)CC1. The first-order chi connectivity index (χ1) is 7.75. The number of carbonyl (C=O) groups is 1. The number of carbonyl (C=O) groups excluding carboxylic acids is 1. The lowest BCUT2D eigenvalue weighted by molar-refractivity contribution is -0.130. The normalized spacial score (nSPS) is 17.2. The molecule has 1 aromatic heterocycles. The largest absolute Gasteiger partial charge is 0.489 e. The zero-order chi connectivity index (χ0) is 11.4. The summed E-state index contributed by atoms with van der Waals surface area (Å²) in [4.78, 5) is 17.0. The highest BCUT2D eigenvalue weighted by atomic mass is 16.5. The first-order valence-corrected chi connectivity index (χ1v) is 5.58. The predicted octanol–water partition coefficient (Wildman–Crippen LogP) is 1.47. The Morgan fingerprint density at radius 3 is 2.81 bits per heavy atom. The predicted molar refractivity (Wildman–Crippen MR) is 60.1 cm³/mol. The van der Waals surface area contributed by atoms with Crippen LogP contribution in [0.4, 0.5) is 0 Å². The molecule has 0 bridgehead atoms. The Bertz CT molecular complexity index is 345. The highest BCUT2D eigenvalue weighted by molar-refractivity contribution is 5.73. The van der Waals surface area contributed by atoms with Crippen LogP contribution in [0.2, 0.25) is 0 Å². The van der Waals surface area contributed by atoms with Crippen LogP contribution in [-0.2, 0) is 4.79 Å². The molecular formula is C12H16N2O2. The first kappa shape index (κ1) is 10.9. The molecule has 2 heterocycles. The third-order valence-electron chi connectivity index (χ3n) is 2.82. The van der Waals surface area contributed by atoms with Crippen molar-refractivity contribution in [1.29, 1.82) is 0 Å². The van der Waals surface area contributed by atoms with Gasteiger partial charge in [0.05, 0.1) is 6.20 Å². The van der Waals surface area contributed by atoms with Crippen molar-refractivity contribution in [3.63, 3.8) is 0 Å². The average Bonchev–Trinajstić information content (AvgIpc) is 2.31. The average molecular weight is 220 g/mol. The van der Waals surface area contributed by atoms with E-state index in [1.165, 1.54) is 0 Å². The van der Waals surface area contributed by atoms with Crippen LogP contribution in [0.15, 0.2) is 24.5 Å². The molecule has 1 aliphatic heterocycles. The van der Waals surface area contributed by atoms with E-state index in [0.717, 1.165) is 31.7 Å². The second-order valence-corrected chi connectivity index (χ2v) is 4.01. The van der Waals surface area contributed by atoms with Gasteiger partial charge in [0.25, 0.3) is 0 Å². The summed E-state index contributed by atoms with van der Waals surface area (Å²) in [5.41, 5.74) is 0. The summed E-state index contributed by atoms with van der Waals surface area (Å²) in [6.45, 7) is 3.20. The van der Waals surface area contributed by atoms with Crippen molar-refractivity contribution in [1.82, 2.24) is 9.88 Å². The number of aromatic nitrogens is 1. The lowest BCUT2D eigenvalue weighted by atomic mass is 10.1. The highest BCUT2D eigenvalue weighted by Crippen LogP contribution is 2.17. The summed E-state index contributed by atoms with van der Waals surface area (Å²) >= 11 is 0. The Morgan fingerprint density at radius 1 is 1.50 bits per heavy atom. The summed E-state index contributed by atoms with van der Waals surface area (Å²) in [7, 11) is 0. The van der Waals surface area contributed by atoms with Gasteiger partial charge in [-0.05, 0) is 12.1 Å². The monoisotopic (exact) mass is 220 g/mol. The molecule has 0 atom stereocenters. The molecule has 4 heteroatoms. The molecule has 0 spiro atoms. The first-order valence-electron chi connectivity index (χ1n) is 5.58. The molecule has 1 amide bonds. The second-order valence-electron chi connectivity index (χ2n) is 4.01. The van der Waals surface area contributed by atoms with Crippen LogP contribution in [0.3, 0.4) is 0 Å². The standard InChI is InChI=1S/C12H16N2O2/c1-10(15)14-7-4-11(5-8-14)16-12-3-2-6-13-9-12/h2-3,6,9,11H,4-5,7-8H2,1H3. The van der Waals surface area contributed by atoms with Crippen molar-refractivity contribution in [2.75, 3.05) is 13.1 Å². The van der Waals surface area contributed by atoms with Crippen LogP contribution in [0.25, 0.3) is 0 Å². The Kier molecular flexibility index (Phi) is 3.39. The van der Waals surface area contributed by atoms with Crippen LogP contribution >= 0.6 is 0 Å². The minimum Gasteiger partial charge on any atom is -0.489 e. The molecule has 0 radical (unpaired) electrons. The van der Waals surface area contributed by atoms with E-state index in [0.29, 0.717) is 0 Å². The molecule has 1 aromatic rings. The number of likely N-dealkylation sites (tertiary alicyclic amines) is 1. The molecule has 4 nitrogen and oxygen atoms in total. The second kappa shape index (κ2) is 4.96. The Morgan fingerprint density at radius 2 is 2.25 bits per heavy atom. The summed E-state index contributed by atoms with van der Waals surface area (Å²) < 4.78 is 5.78. The number of hydrogen-bond donors (Lipinski definition) is 0. The van der Waals surface area contributed by atoms with Crippen LogP contribution < -0.4 is 4.74 Å². The Hall–Kier alpha value is -1.58. The zero-order valence-corrected chi connectivity index (χ0v) is 9.43. The van der Waals surface area contributed by atoms with Crippen molar-refractivity contribution in [2.45, 2.75) is 25.9 Å². The van der Waals surface area contributed by atoms with Crippen LogP contribution in [0, 0.1) is 0 Å².